The summed E-state index contributed by atoms with van der Waals surface area (Å²) in [4.78, 5) is 0. The van der Waals surface area contributed by atoms with Crippen molar-refractivity contribution in [2.45, 2.75) is 32.2 Å². The van der Waals surface area contributed by atoms with Crippen LogP contribution in [0, 0.1) is 5.82 Å². The molecule has 0 aromatic heterocycles. The number of hydrogen-bond acceptors (Lipinski definition) is 1. The van der Waals surface area contributed by atoms with E-state index in [1.165, 1.54) is 6.07 Å². The summed E-state index contributed by atoms with van der Waals surface area (Å²) in [7, 11) is 1.91. The number of rotatable bonds is 4. The summed E-state index contributed by atoms with van der Waals surface area (Å²) in [5.74, 6) is -0.0111. The van der Waals surface area contributed by atoms with Gasteiger partial charge < -0.3 is 5.32 Å². The summed E-state index contributed by atoms with van der Waals surface area (Å²) >= 11 is 5.70. The lowest BCUT2D eigenvalue weighted by Gasteiger charge is -2.17. The van der Waals surface area contributed by atoms with Crippen molar-refractivity contribution in [3.63, 3.8) is 0 Å². The van der Waals surface area contributed by atoms with Crippen LogP contribution in [0.4, 0.5) is 4.39 Å². The fourth-order valence-electron chi connectivity index (χ4n) is 1.68. The molecule has 1 aromatic rings. The van der Waals surface area contributed by atoms with Gasteiger partial charge in [-0.3, -0.25) is 0 Å². The third-order valence-electron chi connectivity index (χ3n) is 2.69. The van der Waals surface area contributed by atoms with Crippen molar-refractivity contribution >= 4 is 11.6 Å². The Labute approximate surface area is 95.6 Å². The maximum absolute atomic E-state index is 13.6. The molecule has 0 heterocycles. The van der Waals surface area contributed by atoms with Gasteiger partial charge in [0.25, 0.3) is 0 Å². The largest absolute Gasteiger partial charge is 0.317 e. The Kier molecular flexibility index (Phi) is 4.55. The maximum Gasteiger partial charge on any atom is 0.128 e. The van der Waals surface area contributed by atoms with Crippen LogP contribution in [0.5, 0.6) is 0 Å². The Balaban J connectivity index is 2.77. The Morgan fingerprint density at radius 3 is 2.60 bits per heavy atom. The van der Waals surface area contributed by atoms with Gasteiger partial charge in [0.1, 0.15) is 5.82 Å². The first kappa shape index (κ1) is 12.5. The van der Waals surface area contributed by atoms with Gasteiger partial charge in [-0.1, -0.05) is 24.6 Å². The van der Waals surface area contributed by atoms with Gasteiger partial charge in [0.05, 0.1) is 0 Å². The molecule has 1 rings (SSSR count). The Bertz CT molecular complexity index is 327. The van der Waals surface area contributed by atoms with E-state index in [9.17, 15) is 4.39 Å². The highest BCUT2D eigenvalue weighted by molar-refractivity contribution is 6.30. The van der Waals surface area contributed by atoms with E-state index in [1.807, 2.05) is 14.0 Å². The normalized spacial score (nSPS) is 15.0. The molecule has 2 atom stereocenters. The number of benzene rings is 1. The first-order valence-corrected chi connectivity index (χ1v) is 5.54. The van der Waals surface area contributed by atoms with Crippen LogP contribution in [0.25, 0.3) is 0 Å². The van der Waals surface area contributed by atoms with E-state index in [0.717, 1.165) is 12.0 Å². The molecule has 1 N–H and O–H groups in total. The number of nitrogens with one attached hydrogen (secondary N) is 1. The molecule has 0 aliphatic heterocycles. The molecule has 1 aromatic carbocycles. The molecular formula is C12H17ClFN. The lowest BCUT2D eigenvalue weighted by atomic mass is 9.94. The zero-order chi connectivity index (χ0) is 11.4. The zero-order valence-electron chi connectivity index (χ0n) is 9.35. The lowest BCUT2D eigenvalue weighted by molar-refractivity contribution is 0.498. The van der Waals surface area contributed by atoms with Crippen LogP contribution in [0.15, 0.2) is 18.2 Å². The summed E-state index contributed by atoms with van der Waals surface area (Å²) in [5, 5.41) is 3.60. The Hall–Kier alpha value is -0.600. The topological polar surface area (TPSA) is 12.0 Å². The highest BCUT2D eigenvalue weighted by Gasteiger charge is 2.13. The van der Waals surface area contributed by atoms with Crippen LogP contribution in [0.2, 0.25) is 5.02 Å². The summed E-state index contributed by atoms with van der Waals surface area (Å²) in [6.45, 7) is 4.12. The van der Waals surface area contributed by atoms with Gasteiger partial charge in [0, 0.05) is 11.1 Å². The van der Waals surface area contributed by atoms with E-state index in [1.54, 1.807) is 12.1 Å². The minimum absolute atomic E-state index is 0.199. The lowest BCUT2D eigenvalue weighted by Crippen LogP contribution is -2.23. The zero-order valence-corrected chi connectivity index (χ0v) is 10.1. The molecule has 1 nitrogen and oxygen atoms in total. The predicted octanol–water partition coefficient (Wildman–Crippen LogP) is 3.58. The molecule has 15 heavy (non-hydrogen) atoms. The molecule has 0 bridgehead atoms. The SMILES string of the molecule is CNC(C)CC(C)c1ccc(Cl)cc1F. The second-order valence-corrected chi connectivity index (χ2v) is 4.43. The molecule has 0 aliphatic rings. The number of hydrogen-bond donors (Lipinski definition) is 1. The first-order chi connectivity index (χ1) is 7.04. The van der Waals surface area contributed by atoms with Crippen molar-refractivity contribution in [2.75, 3.05) is 7.05 Å². The molecule has 0 amide bonds. The number of halogens is 2. The monoisotopic (exact) mass is 229 g/mol. The van der Waals surface area contributed by atoms with Gasteiger partial charge in [-0.15, -0.1) is 0 Å². The van der Waals surface area contributed by atoms with Crippen molar-refractivity contribution in [1.82, 2.24) is 5.32 Å². The van der Waals surface area contributed by atoms with E-state index in [2.05, 4.69) is 12.2 Å². The Morgan fingerprint density at radius 2 is 2.07 bits per heavy atom. The maximum atomic E-state index is 13.6. The molecule has 0 saturated carbocycles. The standard InChI is InChI=1S/C12H17ClFN/c1-8(6-9(2)15-3)11-5-4-10(13)7-12(11)14/h4-5,7-9,15H,6H2,1-3H3. The van der Waals surface area contributed by atoms with Crippen LogP contribution in [-0.4, -0.2) is 13.1 Å². The van der Waals surface area contributed by atoms with Gasteiger partial charge in [0.15, 0.2) is 0 Å². The summed E-state index contributed by atoms with van der Waals surface area (Å²) < 4.78 is 13.6. The third-order valence-corrected chi connectivity index (χ3v) is 2.93. The van der Waals surface area contributed by atoms with Crippen molar-refractivity contribution in [1.29, 1.82) is 0 Å². The molecule has 84 valence electrons. The van der Waals surface area contributed by atoms with Crippen molar-refractivity contribution in [2.24, 2.45) is 0 Å². The van der Waals surface area contributed by atoms with Gasteiger partial charge in [-0.25, -0.2) is 4.39 Å². The summed E-state index contributed by atoms with van der Waals surface area (Å²) in [6, 6.07) is 5.26. The van der Waals surface area contributed by atoms with E-state index in [0.29, 0.717) is 11.1 Å². The first-order valence-electron chi connectivity index (χ1n) is 5.16. The smallest absolute Gasteiger partial charge is 0.128 e. The van der Waals surface area contributed by atoms with Crippen LogP contribution in [0.1, 0.15) is 31.7 Å². The third kappa shape index (κ3) is 3.47. The minimum atomic E-state index is -0.210. The summed E-state index contributed by atoms with van der Waals surface area (Å²) in [5.41, 5.74) is 0.738. The molecule has 0 spiro atoms. The van der Waals surface area contributed by atoms with Crippen LogP contribution in [-0.2, 0) is 0 Å². The molecule has 0 saturated heterocycles. The predicted molar refractivity (Wildman–Crippen MR) is 63.0 cm³/mol. The fraction of sp³-hybridized carbons (Fsp3) is 0.500. The molecule has 0 radical (unpaired) electrons. The van der Waals surface area contributed by atoms with Crippen LogP contribution < -0.4 is 5.32 Å². The second-order valence-electron chi connectivity index (χ2n) is 3.99. The fourth-order valence-corrected chi connectivity index (χ4v) is 1.84. The van der Waals surface area contributed by atoms with Crippen LogP contribution in [0.3, 0.4) is 0 Å². The van der Waals surface area contributed by atoms with E-state index in [4.69, 9.17) is 11.6 Å². The second kappa shape index (κ2) is 5.47. The molecule has 0 aliphatic carbocycles. The highest BCUT2D eigenvalue weighted by Crippen LogP contribution is 2.25. The van der Waals surface area contributed by atoms with Crippen molar-refractivity contribution in [3.05, 3.63) is 34.6 Å². The van der Waals surface area contributed by atoms with Crippen molar-refractivity contribution < 1.29 is 4.39 Å². The van der Waals surface area contributed by atoms with E-state index >= 15 is 0 Å². The van der Waals surface area contributed by atoms with Gasteiger partial charge in [-0.05, 0) is 44.0 Å². The average Bonchev–Trinajstić information content (AvgIpc) is 2.17. The van der Waals surface area contributed by atoms with Crippen LogP contribution >= 0.6 is 11.6 Å². The van der Waals surface area contributed by atoms with E-state index < -0.39 is 0 Å². The molecule has 2 unspecified atom stereocenters. The van der Waals surface area contributed by atoms with Gasteiger partial charge >= 0.3 is 0 Å². The van der Waals surface area contributed by atoms with Gasteiger partial charge in [0.2, 0.25) is 0 Å². The van der Waals surface area contributed by atoms with Gasteiger partial charge in [-0.2, -0.15) is 0 Å². The minimum Gasteiger partial charge on any atom is -0.317 e. The van der Waals surface area contributed by atoms with Crippen molar-refractivity contribution in [3.8, 4) is 0 Å². The molecular weight excluding hydrogens is 213 g/mol. The van der Waals surface area contributed by atoms with E-state index in [-0.39, 0.29) is 11.7 Å². The molecule has 3 heteroatoms. The quantitative estimate of drug-likeness (QED) is 0.832. The Morgan fingerprint density at radius 1 is 1.40 bits per heavy atom. The summed E-state index contributed by atoms with van der Waals surface area (Å²) in [6.07, 6.45) is 0.912. The molecule has 0 fully saturated rings. The average molecular weight is 230 g/mol. The highest BCUT2D eigenvalue weighted by atomic mass is 35.5.